The van der Waals surface area contributed by atoms with Gasteiger partial charge in [-0.1, -0.05) is 13.3 Å². The van der Waals surface area contributed by atoms with Crippen LogP contribution in [0.5, 0.6) is 0 Å². The van der Waals surface area contributed by atoms with Gasteiger partial charge in [0.2, 0.25) is 5.82 Å². The Kier molecular flexibility index (Phi) is 3.66. The fraction of sp³-hybridized carbons (Fsp3) is 0.400. The second kappa shape index (κ2) is 4.59. The molecule has 0 radical (unpaired) electrons. The minimum Gasteiger partial charge on any atom is -0.203 e. The van der Waals surface area contributed by atoms with Crippen molar-refractivity contribution in [3.8, 4) is 0 Å². The zero-order valence-corrected chi connectivity index (χ0v) is 8.01. The fourth-order valence-electron chi connectivity index (χ4n) is 1.22. The number of hydrogen-bond acceptors (Lipinski definition) is 0. The highest BCUT2D eigenvalue weighted by atomic mass is 19.2. The third kappa shape index (κ3) is 2.11. The van der Waals surface area contributed by atoms with Gasteiger partial charge in [-0.3, -0.25) is 0 Å². The van der Waals surface area contributed by atoms with Crippen molar-refractivity contribution >= 4 is 0 Å². The third-order valence-corrected chi connectivity index (χ3v) is 2.08. The van der Waals surface area contributed by atoms with E-state index in [0.717, 1.165) is 0 Å². The van der Waals surface area contributed by atoms with Crippen LogP contribution in [0.1, 0.15) is 25.3 Å². The molecule has 84 valence electrons. The predicted octanol–water partition coefficient (Wildman–Crippen LogP) is 3.72. The van der Waals surface area contributed by atoms with Crippen LogP contribution in [-0.2, 0) is 6.42 Å². The maximum Gasteiger partial charge on any atom is 0.200 e. The summed E-state index contributed by atoms with van der Waals surface area (Å²) in [7, 11) is 0. The molecule has 0 N–H and O–H groups in total. The van der Waals surface area contributed by atoms with Crippen LogP contribution in [0.4, 0.5) is 22.0 Å². The lowest BCUT2D eigenvalue weighted by atomic mass is 10.1. The summed E-state index contributed by atoms with van der Waals surface area (Å²) in [6, 6.07) is 0. The fourth-order valence-corrected chi connectivity index (χ4v) is 1.22. The van der Waals surface area contributed by atoms with Crippen LogP contribution in [0, 0.1) is 29.1 Å². The Hall–Kier alpha value is -1.13. The van der Waals surface area contributed by atoms with E-state index in [1.807, 2.05) is 0 Å². The van der Waals surface area contributed by atoms with Gasteiger partial charge in [0.05, 0.1) is 0 Å². The maximum atomic E-state index is 13.0. The van der Waals surface area contributed by atoms with E-state index in [1.165, 1.54) is 0 Å². The third-order valence-electron chi connectivity index (χ3n) is 2.08. The molecule has 0 aromatic heterocycles. The largest absolute Gasteiger partial charge is 0.203 e. The summed E-state index contributed by atoms with van der Waals surface area (Å²) in [4.78, 5) is 0. The van der Waals surface area contributed by atoms with E-state index in [4.69, 9.17) is 0 Å². The minimum absolute atomic E-state index is 0.151. The van der Waals surface area contributed by atoms with Gasteiger partial charge in [0, 0.05) is 5.56 Å². The van der Waals surface area contributed by atoms with E-state index in [9.17, 15) is 22.0 Å². The van der Waals surface area contributed by atoms with Gasteiger partial charge in [0.15, 0.2) is 23.3 Å². The number of halogens is 5. The van der Waals surface area contributed by atoms with Crippen LogP contribution in [0.25, 0.3) is 0 Å². The van der Waals surface area contributed by atoms with Crippen molar-refractivity contribution in [2.24, 2.45) is 0 Å². The number of benzene rings is 1. The Morgan fingerprint density at radius 3 is 1.53 bits per heavy atom. The van der Waals surface area contributed by atoms with Crippen LogP contribution >= 0.6 is 0 Å². The summed E-state index contributed by atoms with van der Waals surface area (Å²) in [6.45, 7) is 1.76. The lowest BCUT2D eigenvalue weighted by Crippen LogP contribution is -2.07. The van der Waals surface area contributed by atoms with Crippen LogP contribution in [0.15, 0.2) is 0 Å². The zero-order chi connectivity index (χ0) is 11.6. The Balaban J connectivity index is 3.26. The summed E-state index contributed by atoms with van der Waals surface area (Å²) in [5.41, 5.74) is -0.728. The maximum absolute atomic E-state index is 13.0. The smallest absolute Gasteiger partial charge is 0.200 e. The van der Waals surface area contributed by atoms with E-state index in [0.29, 0.717) is 12.8 Å². The average molecular weight is 224 g/mol. The molecule has 0 saturated heterocycles. The van der Waals surface area contributed by atoms with Crippen molar-refractivity contribution in [1.29, 1.82) is 0 Å². The molecule has 0 fully saturated rings. The zero-order valence-electron chi connectivity index (χ0n) is 8.01. The van der Waals surface area contributed by atoms with Crippen molar-refractivity contribution in [3.05, 3.63) is 34.6 Å². The van der Waals surface area contributed by atoms with E-state index >= 15 is 0 Å². The quantitative estimate of drug-likeness (QED) is 0.417. The summed E-state index contributed by atoms with van der Waals surface area (Å²) in [5, 5.41) is 0. The van der Waals surface area contributed by atoms with Crippen molar-refractivity contribution in [2.45, 2.75) is 26.2 Å². The van der Waals surface area contributed by atoms with Crippen LogP contribution in [0.3, 0.4) is 0 Å². The van der Waals surface area contributed by atoms with Crippen molar-refractivity contribution in [2.75, 3.05) is 0 Å². The Morgan fingerprint density at radius 1 is 0.733 bits per heavy atom. The molecule has 5 heteroatoms. The van der Waals surface area contributed by atoms with E-state index in [2.05, 4.69) is 0 Å². The minimum atomic E-state index is -2.11. The van der Waals surface area contributed by atoms with E-state index in [1.54, 1.807) is 6.92 Å². The lowest BCUT2D eigenvalue weighted by molar-refractivity contribution is 0.369. The van der Waals surface area contributed by atoms with Gasteiger partial charge in [0.1, 0.15) is 0 Å². The second-order valence-corrected chi connectivity index (χ2v) is 3.15. The molecule has 0 saturated carbocycles. The van der Waals surface area contributed by atoms with Gasteiger partial charge in [-0.2, -0.15) is 0 Å². The predicted molar refractivity (Wildman–Crippen MR) is 44.8 cm³/mol. The molecule has 0 atom stereocenters. The standard InChI is InChI=1S/C10H9F5/c1-2-3-4-5-6(11)8(13)10(15)9(14)7(5)12/h2-4H2,1H3. The van der Waals surface area contributed by atoms with Crippen molar-refractivity contribution < 1.29 is 22.0 Å². The molecular weight excluding hydrogens is 215 g/mol. The molecule has 1 rings (SSSR count). The summed E-state index contributed by atoms with van der Waals surface area (Å²) in [6.07, 6.45) is 0.833. The van der Waals surface area contributed by atoms with Gasteiger partial charge < -0.3 is 0 Å². The van der Waals surface area contributed by atoms with Crippen molar-refractivity contribution in [1.82, 2.24) is 0 Å². The molecule has 0 amide bonds. The molecule has 1 aromatic rings. The van der Waals surface area contributed by atoms with E-state index < -0.39 is 34.6 Å². The van der Waals surface area contributed by atoms with Crippen LogP contribution in [-0.4, -0.2) is 0 Å². The first kappa shape index (κ1) is 11.9. The molecule has 0 aliphatic carbocycles. The number of unbranched alkanes of at least 4 members (excludes halogenated alkanes) is 1. The Labute approximate surface area is 83.7 Å². The molecule has 0 aliphatic rings. The van der Waals surface area contributed by atoms with Gasteiger partial charge in [-0.05, 0) is 12.8 Å². The molecule has 0 nitrogen and oxygen atoms in total. The van der Waals surface area contributed by atoms with Gasteiger partial charge in [-0.25, -0.2) is 22.0 Å². The topological polar surface area (TPSA) is 0 Å². The van der Waals surface area contributed by atoms with Gasteiger partial charge in [0.25, 0.3) is 0 Å². The first-order valence-corrected chi connectivity index (χ1v) is 4.51. The summed E-state index contributed by atoms with van der Waals surface area (Å²) in [5.74, 6) is -9.30. The van der Waals surface area contributed by atoms with Gasteiger partial charge >= 0.3 is 0 Å². The monoisotopic (exact) mass is 224 g/mol. The molecule has 0 unspecified atom stereocenters. The highest BCUT2D eigenvalue weighted by molar-refractivity contribution is 5.24. The SMILES string of the molecule is CCCCc1c(F)c(F)c(F)c(F)c1F. The molecular formula is C10H9F5. The highest BCUT2D eigenvalue weighted by Gasteiger charge is 2.24. The summed E-state index contributed by atoms with van der Waals surface area (Å²) < 4.78 is 63.9. The molecule has 1 aromatic carbocycles. The van der Waals surface area contributed by atoms with Crippen LogP contribution < -0.4 is 0 Å². The van der Waals surface area contributed by atoms with E-state index in [-0.39, 0.29) is 6.42 Å². The molecule has 0 bridgehead atoms. The highest BCUT2D eigenvalue weighted by Crippen LogP contribution is 2.24. The molecule has 0 heterocycles. The molecule has 0 spiro atoms. The normalized spacial score (nSPS) is 10.8. The molecule has 15 heavy (non-hydrogen) atoms. The number of rotatable bonds is 3. The van der Waals surface area contributed by atoms with Crippen LogP contribution in [0.2, 0.25) is 0 Å². The second-order valence-electron chi connectivity index (χ2n) is 3.15. The number of hydrogen-bond donors (Lipinski definition) is 0. The average Bonchev–Trinajstić information content (AvgIpc) is 2.24. The lowest BCUT2D eigenvalue weighted by Gasteiger charge is -2.07. The molecule has 0 aliphatic heterocycles. The Bertz CT molecular complexity index is 344. The first-order valence-electron chi connectivity index (χ1n) is 4.51. The van der Waals surface area contributed by atoms with Gasteiger partial charge in [-0.15, -0.1) is 0 Å². The Morgan fingerprint density at radius 2 is 1.13 bits per heavy atom. The van der Waals surface area contributed by atoms with Crippen molar-refractivity contribution in [3.63, 3.8) is 0 Å². The first-order chi connectivity index (χ1) is 7.00. The summed E-state index contributed by atoms with van der Waals surface area (Å²) >= 11 is 0.